The summed E-state index contributed by atoms with van der Waals surface area (Å²) in [6.45, 7) is 8.17. The molecular weight excluding hydrogens is 304 g/mol. The molecule has 1 aromatic rings. The Bertz CT molecular complexity index is 559. The monoisotopic (exact) mass is 333 g/mol. The second-order valence-electron chi connectivity index (χ2n) is 7.12. The largest absolute Gasteiger partial charge is 0.497 e. The molecule has 0 spiro atoms. The first kappa shape index (κ1) is 17.2. The number of morpholine rings is 1. The molecule has 2 aliphatic rings. The van der Waals surface area contributed by atoms with Crippen LogP contribution in [-0.2, 0) is 4.74 Å². The number of nitrogens with one attached hydrogen (secondary N) is 1. The van der Waals surface area contributed by atoms with Gasteiger partial charge in [-0.05, 0) is 32.0 Å². The molecule has 1 N–H and O–H groups in total. The summed E-state index contributed by atoms with van der Waals surface area (Å²) in [7, 11) is 1.63. The van der Waals surface area contributed by atoms with Crippen LogP contribution in [0.5, 0.6) is 5.75 Å². The Morgan fingerprint density at radius 3 is 2.50 bits per heavy atom. The second kappa shape index (κ2) is 7.53. The van der Waals surface area contributed by atoms with Crippen molar-refractivity contribution in [3.05, 3.63) is 29.8 Å². The molecule has 3 atom stereocenters. The van der Waals surface area contributed by atoms with Gasteiger partial charge in [0.1, 0.15) is 31.0 Å². The Morgan fingerprint density at radius 2 is 1.88 bits per heavy atom. The SMILES string of the molecule is COc1cccc(C(=O)N2CCC([NH+]3C[C@@H](C)O[C@@H](C)C3)CC2)c1. The normalized spacial score (nSPS) is 28.6. The molecule has 0 saturated carbocycles. The van der Waals surface area contributed by atoms with Gasteiger partial charge >= 0.3 is 0 Å². The number of piperidine rings is 1. The number of benzene rings is 1. The van der Waals surface area contributed by atoms with Crippen molar-refractivity contribution in [2.45, 2.75) is 44.9 Å². The average Bonchev–Trinajstić information content (AvgIpc) is 2.60. The molecule has 0 aromatic heterocycles. The fourth-order valence-electron chi connectivity index (χ4n) is 4.08. The highest BCUT2D eigenvalue weighted by Gasteiger charge is 2.34. The maximum absolute atomic E-state index is 12.7. The van der Waals surface area contributed by atoms with Crippen LogP contribution in [0.25, 0.3) is 0 Å². The number of hydrogen-bond acceptors (Lipinski definition) is 3. The average molecular weight is 333 g/mol. The number of carbonyl (C=O) groups excluding carboxylic acids is 1. The van der Waals surface area contributed by atoms with Crippen LogP contribution in [0.4, 0.5) is 0 Å². The summed E-state index contributed by atoms with van der Waals surface area (Å²) < 4.78 is 11.1. The summed E-state index contributed by atoms with van der Waals surface area (Å²) in [5.41, 5.74) is 0.716. The van der Waals surface area contributed by atoms with Crippen molar-refractivity contribution < 1.29 is 19.2 Å². The number of nitrogens with zero attached hydrogens (tertiary/aromatic N) is 1. The predicted octanol–water partition coefficient (Wildman–Crippen LogP) is 0.992. The quantitative estimate of drug-likeness (QED) is 0.897. The summed E-state index contributed by atoms with van der Waals surface area (Å²) in [6, 6.07) is 8.08. The Balaban J connectivity index is 1.57. The van der Waals surface area contributed by atoms with Crippen molar-refractivity contribution in [3.63, 3.8) is 0 Å². The molecule has 24 heavy (non-hydrogen) atoms. The fourth-order valence-corrected chi connectivity index (χ4v) is 4.08. The van der Waals surface area contributed by atoms with Crippen LogP contribution >= 0.6 is 0 Å². The molecule has 1 aromatic carbocycles. The zero-order valence-corrected chi connectivity index (χ0v) is 15.0. The fraction of sp³-hybridized carbons (Fsp3) is 0.632. The molecule has 2 fully saturated rings. The first-order valence-electron chi connectivity index (χ1n) is 9.00. The van der Waals surface area contributed by atoms with E-state index in [4.69, 9.17) is 9.47 Å². The third-order valence-corrected chi connectivity index (χ3v) is 5.24. The van der Waals surface area contributed by atoms with E-state index >= 15 is 0 Å². The van der Waals surface area contributed by atoms with Crippen molar-refractivity contribution in [2.24, 2.45) is 0 Å². The molecule has 0 aliphatic carbocycles. The summed E-state index contributed by atoms with van der Waals surface area (Å²) in [4.78, 5) is 16.3. The minimum Gasteiger partial charge on any atom is -0.497 e. The van der Waals surface area contributed by atoms with Gasteiger partial charge < -0.3 is 19.3 Å². The zero-order chi connectivity index (χ0) is 17.1. The van der Waals surface area contributed by atoms with Gasteiger partial charge in [0.05, 0.1) is 13.2 Å². The maximum Gasteiger partial charge on any atom is 0.253 e. The Labute approximate surface area is 144 Å². The van der Waals surface area contributed by atoms with E-state index in [9.17, 15) is 4.79 Å². The number of amides is 1. The van der Waals surface area contributed by atoms with E-state index in [1.165, 1.54) is 0 Å². The zero-order valence-electron chi connectivity index (χ0n) is 15.0. The van der Waals surface area contributed by atoms with E-state index in [0.29, 0.717) is 23.8 Å². The first-order chi connectivity index (χ1) is 11.6. The smallest absolute Gasteiger partial charge is 0.253 e. The lowest BCUT2D eigenvalue weighted by Crippen LogP contribution is -3.19. The van der Waals surface area contributed by atoms with Gasteiger partial charge in [-0.25, -0.2) is 0 Å². The minimum atomic E-state index is 0.117. The van der Waals surface area contributed by atoms with Gasteiger partial charge in [0.2, 0.25) is 0 Å². The number of methoxy groups -OCH3 is 1. The van der Waals surface area contributed by atoms with E-state index in [2.05, 4.69) is 13.8 Å². The topological polar surface area (TPSA) is 43.2 Å². The highest BCUT2D eigenvalue weighted by atomic mass is 16.5. The van der Waals surface area contributed by atoms with E-state index < -0.39 is 0 Å². The number of rotatable bonds is 3. The van der Waals surface area contributed by atoms with Gasteiger partial charge in [-0.15, -0.1) is 0 Å². The number of hydrogen-bond donors (Lipinski definition) is 1. The van der Waals surface area contributed by atoms with Gasteiger partial charge in [-0.2, -0.15) is 0 Å². The molecule has 2 heterocycles. The number of carbonyl (C=O) groups is 1. The van der Waals surface area contributed by atoms with Crippen molar-refractivity contribution in [3.8, 4) is 5.75 Å². The lowest BCUT2D eigenvalue weighted by atomic mass is 10.0. The van der Waals surface area contributed by atoms with E-state index in [1.54, 1.807) is 12.0 Å². The Hall–Kier alpha value is -1.59. The van der Waals surface area contributed by atoms with E-state index in [0.717, 1.165) is 44.8 Å². The molecule has 2 saturated heterocycles. The Morgan fingerprint density at radius 1 is 1.21 bits per heavy atom. The lowest BCUT2D eigenvalue weighted by molar-refractivity contribution is -0.940. The van der Waals surface area contributed by atoms with Crippen LogP contribution < -0.4 is 9.64 Å². The highest BCUT2D eigenvalue weighted by Crippen LogP contribution is 2.17. The predicted molar refractivity (Wildman–Crippen MR) is 92.6 cm³/mol. The van der Waals surface area contributed by atoms with Crippen LogP contribution in [0.3, 0.4) is 0 Å². The summed E-state index contributed by atoms with van der Waals surface area (Å²) in [5, 5.41) is 0. The first-order valence-corrected chi connectivity index (χ1v) is 9.00. The number of ether oxygens (including phenoxy) is 2. The van der Waals surface area contributed by atoms with Gasteiger partial charge in [0.15, 0.2) is 0 Å². The van der Waals surface area contributed by atoms with Crippen molar-refractivity contribution in [2.75, 3.05) is 33.3 Å². The van der Waals surface area contributed by atoms with Crippen LogP contribution in [-0.4, -0.2) is 62.3 Å². The molecule has 132 valence electrons. The van der Waals surface area contributed by atoms with Gasteiger partial charge in [0.25, 0.3) is 5.91 Å². The Kier molecular flexibility index (Phi) is 5.41. The molecule has 2 aliphatic heterocycles. The number of likely N-dealkylation sites (tertiary alicyclic amines) is 1. The molecule has 5 heteroatoms. The maximum atomic E-state index is 12.7. The third kappa shape index (κ3) is 3.90. The van der Waals surface area contributed by atoms with Crippen LogP contribution in [0.2, 0.25) is 0 Å². The molecule has 0 radical (unpaired) electrons. The summed E-state index contributed by atoms with van der Waals surface area (Å²) >= 11 is 0. The molecular formula is C19H29N2O3+. The number of quaternary nitrogens is 1. The standard InChI is InChI=1S/C19H28N2O3/c1-14-12-21(13-15(2)24-14)17-7-9-20(10-8-17)19(22)16-5-4-6-18(11-16)23-3/h4-6,11,14-15,17H,7-10,12-13H2,1-3H3/p+1/t14-,15+. The van der Waals surface area contributed by atoms with E-state index in [-0.39, 0.29) is 5.91 Å². The second-order valence-corrected chi connectivity index (χ2v) is 7.12. The molecule has 1 amide bonds. The van der Waals surface area contributed by atoms with Crippen LogP contribution in [0.15, 0.2) is 24.3 Å². The molecule has 0 bridgehead atoms. The van der Waals surface area contributed by atoms with Crippen LogP contribution in [0, 0.1) is 0 Å². The van der Waals surface area contributed by atoms with Crippen molar-refractivity contribution in [1.29, 1.82) is 0 Å². The van der Waals surface area contributed by atoms with Gasteiger partial charge in [0, 0.05) is 31.5 Å². The summed E-state index contributed by atoms with van der Waals surface area (Å²) in [5.74, 6) is 0.850. The summed E-state index contributed by atoms with van der Waals surface area (Å²) in [6.07, 6.45) is 2.81. The highest BCUT2D eigenvalue weighted by molar-refractivity contribution is 5.94. The van der Waals surface area contributed by atoms with Crippen LogP contribution in [0.1, 0.15) is 37.0 Å². The van der Waals surface area contributed by atoms with Crippen molar-refractivity contribution >= 4 is 5.91 Å². The molecule has 3 rings (SSSR count). The van der Waals surface area contributed by atoms with E-state index in [1.807, 2.05) is 29.2 Å². The third-order valence-electron chi connectivity index (χ3n) is 5.24. The lowest BCUT2D eigenvalue weighted by Gasteiger charge is -2.41. The van der Waals surface area contributed by atoms with Gasteiger partial charge in [-0.1, -0.05) is 6.07 Å². The molecule has 1 unspecified atom stereocenters. The van der Waals surface area contributed by atoms with Gasteiger partial charge in [-0.3, -0.25) is 4.79 Å². The minimum absolute atomic E-state index is 0.117. The van der Waals surface area contributed by atoms with Crippen molar-refractivity contribution in [1.82, 2.24) is 4.90 Å². The molecule has 5 nitrogen and oxygen atoms in total.